The quantitative estimate of drug-likeness (QED) is 0.797. The number of carbonyl (C=O) groups is 1. The fourth-order valence-electron chi connectivity index (χ4n) is 1.81. The third kappa shape index (κ3) is 3.47. The predicted octanol–water partition coefficient (Wildman–Crippen LogP) is 3.18. The molecule has 3 rings (SSSR count). The molecule has 0 saturated heterocycles. The van der Waals surface area contributed by atoms with Gasteiger partial charge in [-0.1, -0.05) is 11.6 Å². The Hall–Kier alpha value is -2.31. The van der Waals surface area contributed by atoms with Crippen molar-refractivity contribution in [1.29, 1.82) is 0 Å². The van der Waals surface area contributed by atoms with Gasteiger partial charge in [-0.2, -0.15) is 0 Å². The summed E-state index contributed by atoms with van der Waals surface area (Å²) in [5.41, 5.74) is 1.27. The molecule has 3 heterocycles. The summed E-state index contributed by atoms with van der Waals surface area (Å²) >= 11 is 7.29. The predicted molar refractivity (Wildman–Crippen MR) is 85.8 cm³/mol. The second-order valence-electron chi connectivity index (χ2n) is 4.42. The number of halogens is 1. The van der Waals surface area contributed by atoms with E-state index in [0.717, 1.165) is 10.4 Å². The van der Waals surface area contributed by atoms with Gasteiger partial charge in [-0.05, 0) is 24.3 Å². The van der Waals surface area contributed by atoms with Crippen LogP contribution in [0.25, 0.3) is 11.4 Å². The van der Waals surface area contributed by atoms with Gasteiger partial charge in [0.05, 0.1) is 16.4 Å². The van der Waals surface area contributed by atoms with Crippen molar-refractivity contribution in [3.63, 3.8) is 0 Å². The Morgan fingerprint density at radius 3 is 2.50 bits per heavy atom. The topological polar surface area (TPSA) is 67.8 Å². The monoisotopic (exact) mass is 330 g/mol. The van der Waals surface area contributed by atoms with Gasteiger partial charge in [-0.25, -0.2) is 9.97 Å². The van der Waals surface area contributed by atoms with Gasteiger partial charge in [0, 0.05) is 35.2 Å². The van der Waals surface area contributed by atoms with Gasteiger partial charge in [0.2, 0.25) is 0 Å². The molecule has 0 unspecified atom stereocenters. The Morgan fingerprint density at radius 1 is 1.14 bits per heavy atom. The first kappa shape index (κ1) is 14.6. The zero-order valence-corrected chi connectivity index (χ0v) is 12.9. The van der Waals surface area contributed by atoms with E-state index in [2.05, 4.69) is 20.3 Å². The van der Waals surface area contributed by atoms with Crippen molar-refractivity contribution in [2.45, 2.75) is 6.54 Å². The van der Waals surface area contributed by atoms with E-state index in [9.17, 15) is 4.79 Å². The molecule has 0 aliphatic carbocycles. The number of nitrogens with one attached hydrogen (secondary N) is 1. The van der Waals surface area contributed by atoms with Crippen molar-refractivity contribution in [2.75, 3.05) is 0 Å². The molecule has 1 N–H and O–H groups in total. The molecule has 5 nitrogen and oxygen atoms in total. The van der Waals surface area contributed by atoms with Gasteiger partial charge in [-0.3, -0.25) is 9.78 Å². The molecule has 22 heavy (non-hydrogen) atoms. The van der Waals surface area contributed by atoms with E-state index < -0.39 is 0 Å². The Bertz CT molecular complexity index is 774. The lowest BCUT2D eigenvalue weighted by molar-refractivity contribution is 0.0950. The average molecular weight is 331 g/mol. The number of rotatable bonds is 4. The van der Waals surface area contributed by atoms with Gasteiger partial charge in [0.25, 0.3) is 5.91 Å². The Labute approximate surface area is 136 Å². The summed E-state index contributed by atoms with van der Waals surface area (Å²) in [4.78, 5) is 25.4. The highest BCUT2D eigenvalue weighted by Gasteiger charge is 2.08. The van der Waals surface area contributed by atoms with Crippen LogP contribution >= 0.6 is 22.9 Å². The molecule has 0 aliphatic heterocycles. The minimum atomic E-state index is -0.217. The van der Waals surface area contributed by atoms with Gasteiger partial charge in [0.1, 0.15) is 0 Å². The molecule has 0 aliphatic rings. The summed E-state index contributed by atoms with van der Waals surface area (Å²) in [5.74, 6) is 0.342. The van der Waals surface area contributed by atoms with Gasteiger partial charge >= 0.3 is 0 Å². The minimum absolute atomic E-state index is 0.217. The Morgan fingerprint density at radius 2 is 1.86 bits per heavy atom. The number of hydrogen-bond donors (Lipinski definition) is 1. The highest BCUT2D eigenvalue weighted by Crippen LogP contribution is 2.21. The Balaban J connectivity index is 1.66. The summed E-state index contributed by atoms with van der Waals surface area (Å²) < 4.78 is 0.703. The molecule has 3 aromatic heterocycles. The van der Waals surface area contributed by atoms with Crippen LogP contribution in [0.2, 0.25) is 4.34 Å². The molecule has 0 fully saturated rings. The average Bonchev–Trinajstić information content (AvgIpc) is 2.99. The maximum absolute atomic E-state index is 12.0. The van der Waals surface area contributed by atoms with E-state index in [4.69, 9.17) is 11.6 Å². The highest BCUT2D eigenvalue weighted by atomic mass is 35.5. The molecule has 0 atom stereocenters. The number of hydrogen-bond acceptors (Lipinski definition) is 5. The van der Waals surface area contributed by atoms with Crippen molar-refractivity contribution in [1.82, 2.24) is 20.3 Å². The first-order valence-electron chi connectivity index (χ1n) is 6.47. The lowest BCUT2D eigenvalue weighted by Gasteiger charge is -2.04. The van der Waals surface area contributed by atoms with E-state index in [1.54, 1.807) is 18.5 Å². The van der Waals surface area contributed by atoms with Crippen LogP contribution in [-0.2, 0) is 6.54 Å². The highest BCUT2D eigenvalue weighted by molar-refractivity contribution is 7.16. The van der Waals surface area contributed by atoms with Crippen molar-refractivity contribution >= 4 is 28.8 Å². The van der Waals surface area contributed by atoms with Gasteiger partial charge < -0.3 is 5.32 Å². The van der Waals surface area contributed by atoms with E-state index in [1.165, 1.54) is 23.7 Å². The zero-order chi connectivity index (χ0) is 15.4. The van der Waals surface area contributed by atoms with Crippen LogP contribution in [0.3, 0.4) is 0 Å². The van der Waals surface area contributed by atoms with Crippen LogP contribution < -0.4 is 5.32 Å². The molecule has 0 aromatic carbocycles. The van der Waals surface area contributed by atoms with Crippen LogP contribution in [0.5, 0.6) is 0 Å². The van der Waals surface area contributed by atoms with Gasteiger partial charge in [0.15, 0.2) is 5.82 Å². The largest absolute Gasteiger partial charge is 0.347 e. The lowest BCUT2D eigenvalue weighted by Crippen LogP contribution is -2.22. The third-order valence-electron chi connectivity index (χ3n) is 2.90. The number of pyridine rings is 1. The summed E-state index contributed by atoms with van der Waals surface area (Å²) in [6, 6.07) is 7.32. The van der Waals surface area contributed by atoms with Crippen molar-refractivity contribution in [2.24, 2.45) is 0 Å². The molecule has 0 spiro atoms. The molecule has 0 bridgehead atoms. The van der Waals surface area contributed by atoms with E-state index in [-0.39, 0.29) is 5.91 Å². The standard InChI is InChI=1S/C15H11ClN4OS/c16-13-2-1-12(22-13)9-20-15(21)11-7-18-14(19-8-11)10-3-5-17-6-4-10/h1-8H,9H2,(H,20,21). The zero-order valence-electron chi connectivity index (χ0n) is 11.4. The molecule has 7 heteroatoms. The molecular formula is C15H11ClN4OS. The fraction of sp³-hybridized carbons (Fsp3) is 0.0667. The van der Waals surface area contributed by atoms with Gasteiger partial charge in [-0.15, -0.1) is 11.3 Å². The van der Waals surface area contributed by atoms with Crippen molar-refractivity contribution in [3.8, 4) is 11.4 Å². The maximum Gasteiger partial charge on any atom is 0.254 e. The summed E-state index contributed by atoms with van der Waals surface area (Å²) in [6.07, 6.45) is 6.37. The number of aromatic nitrogens is 3. The molecule has 3 aromatic rings. The van der Waals surface area contributed by atoms with Crippen LogP contribution in [0, 0.1) is 0 Å². The number of thiophene rings is 1. The number of carbonyl (C=O) groups excluding carboxylic acids is 1. The van der Waals surface area contributed by atoms with E-state index in [1.807, 2.05) is 18.2 Å². The Kier molecular flexibility index (Phi) is 4.41. The lowest BCUT2D eigenvalue weighted by atomic mass is 10.2. The smallest absolute Gasteiger partial charge is 0.254 e. The van der Waals surface area contributed by atoms with Crippen molar-refractivity contribution in [3.05, 3.63) is 63.8 Å². The SMILES string of the molecule is O=C(NCc1ccc(Cl)s1)c1cnc(-c2ccncc2)nc1. The normalized spacial score (nSPS) is 10.4. The van der Waals surface area contributed by atoms with E-state index >= 15 is 0 Å². The third-order valence-corrected chi connectivity index (χ3v) is 4.14. The molecule has 0 saturated carbocycles. The van der Waals surface area contributed by atoms with Crippen LogP contribution in [0.15, 0.2) is 49.1 Å². The molecule has 0 radical (unpaired) electrons. The van der Waals surface area contributed by atoms with E-state index in [0.29, 0.717) is 22.3 Å². The summed E-state index contributed by atoms with van der Waals surface area (Å²) in [6.45, 7) is 0.433. The van der Waals surface area contributed by atoms with Crippen LogP contribution in [0.4, 0.5) is 0 Å². The minimum Gasteiger partial charge on any atom is -0.347 e. The number of amides is 1. The first-order chi connectivity index (χ1) is 10.7. The molecular weight excluding hydrogens is 320 g/mol. The van der Waals surface area contributed by atoms with Crippen molar-refractivity contribution < 1.29 is 4.79 Å². The fourth-order valence-corrected chi connectivity index (χ4v) is 2.84. The van der Waals surface area contributed by atoms with Crippen LogP contribution in [0.1, 0.15) is 15.2 Å². The molecule has 1 amide bonds. The second kappa shape index (κ2) is 6.64. The maximum atomic E-state index is 12.0. The second-order valence-corrected chi connectivity index (χ2v) is 6.22. The summed E-state index contributed by atoms with van der Waals surface area (Å²) in [5, 5.41) is 2.81. The van der Waals surface area contributed by atoms with Crippen LogP contribution in [-0.4, -0.2) is 20.9 Å². The number of nitrogens with zero attached hydrogens (tertiary/aromatic N) is 3. The molecule has 110 valence electrons. The summed E-state index contributed by atoms with van der Waals surface area (Å²) in [7, 11) is 0. The first-order valence-corrected chi connectivity index (χ1v) is 7.66.